The van der Waals surface area contributed by atoms with Gasteiger partial charge in [-0.3, -0.25) is 19.8 Å². The van der Waals surface area contributed by atoms with Gasteiger partial charge in [0.25, 0.3) is 0 Å². The van der Waals surface area contributed by atoms with E-state index in [2.05, 4.69) is 48.9 Å². The predicted octanol–water partition coefficient (Wildman–Crippen LogP) is 3.32. The van der Waals surface area contributed by atoms with Crippen LogP contribution in [0.5, 0.6) is 0 Å². The smallest absolute Gasteiger partial charge is 0.234 e. The molecule has 0 saturated carbocycles. The Morgan fingerprint density at radius 2 is 2.06 bits per heavy atom. The number of anilines is 1. The fourth-order valence-corrected chi connectivity index (χ4v) is 5.55. The van der Waals surface area contributed by atoms with Gasteiger partial charge < -0.3 is 10.6 Å². The van der Waals surface area contributed by atoms with Gasteiger partial charge >= 0.3 is 0 Å². The molecule has 2 aliphatic rings. The Bertz CT molecular complexity index is 942. The van der Waals surface area contributed by atoms with Gasteiger partial charge in [0, 0.05) is 30.1 Å². The second kappa shape index (κ2) is 10.2. The van der Waals surface area contributed by atoms with Crippen LogP contribution in [0.3, 0.4) is 0 Å². The van der Waals surface area contributed by atoms with Gasteiger partial charge in [0.15, 0.2) is 0 Å². The van der Waals surface area contributed by atoms with Crippen molar-refractivity contribution in [3.63, 3.8) is 0 Å². The number of nitrogens with zero attached hydrogens (tertiary/aromatic N) is 1. The molecule has 2 saturated heterocycles. The molecule has 2 aromatic rings. The average molecular weight is 503 g/mol. The van der Waals surface area contributed by atoms with Crippen molar-refractivity contribution in [3.8, 4) is 0 Å². The van der Waals surface area contributed by atoms with Crippen LogP contribution in [-0.4, -0.2) is 47.1 Å². The van der Waals surface area contributed by atoms with Crippen LogP contribution in [0.4, 0.5) is 5.69 Å². The quantitative estimate of drug-likeness (QED) is 0.564. The molecule has 0 aliphatic carbocycles. The van der Waals surface area contributed by atoms with E-state index in [1.54, 1.807) is 0 Å². The lowest BCUT2D eigenvalue weighted by molar-refractivity contribution is -0.130. The standard InChI is InChI=1S/C23H27BrN4O2S/c1-15-7-8-20(18(24)11-15)25-21(29)14-31-23-26-19-9-10-28(13-17(19)22(30)27-23)12-16-5-3-2-4-6-16/h2-8,11,17,19,23,26H,9-10,12-14H2,1H3,(H,25,29)(H,27,30). The number of fused-ring (bicyclic) bond motifs is 1. The summed E-state index contributed by atoms with van der Waals surface area (Å²) >= 11 is 4.89. The molecule has 3 atom stereocenters. The Hall–Kier alpha value is -1.87. The highest BCUT2D eigenvalue weighted by molar-refractivity contribution is 9.10. The second-order valence-electron chi connectivity index (χ2n) is 8.12. The van der Waals surface area contributed by atoms with E-state index in [-0.39, 0.29) is 35.0 Å². The molecule has 0 spiro atoms. The molecule has 2 amide bonds. The molecule has 3 unspecified atom stereocenters. The minimum absolute atomic E-state index is 0.0633. The van der Waals surface area contributed by atoms with Crippen molar-refractivity contribution in [1.82, 2.24) is 15.5 Å². The lowest BCUT2D eigenvalue weighted by atomic mass is 9.89. The maximum atomic E-state index is 12.8. The van der Waals surface area contributed by atoms with E-state index in [0.29, 0.717) is 0 Å². The van der Waals surface area contributed by atoms with E-state index >= 15 is 0 Å². The van der Waals surface area contributed by atoms with Crippen LogP contribution in [0.2, 0.25) is 0 Å². The summed E-state index contributed by atoms with van der Waals surface area (Å²) in [5.41, 5.74) is 2.90. The summed E-state index contributed by atoms with van der Waals surface area (Å²) in [4.78, 5) is 27.5. The van der Waals surface area contributed by atoms with Gasteiger partial charge in [-0.25, -0.2) is 0 Å². The van der Waals surface area contributed by atoms with Gasteiger partial charge in [-0.05, 0) is 52.5 Å². The van der Waals surface area contributed by atoms with E-state index in [4.69, 9.17) is 0 Å². The third-order valence-electron chi connectivity index (χ3n) is 5.70. The summed E-state index contributed by atoms with van der Waals surface area (Å²) in [6, 6.07) is 16.3. The third-order valence-corrected chi connectivity index (χ3v) is 7.37. The monoisotopic (exact) mass is 502 g/mol. The number of benzene rings is 2. The number of thioether (sulfide) groups is 1. The molecule has 2 heterocycles. The summed E-state index contributed by atoms with van der Waals surface area (Å²) in [6.07, 6.45) is 0.921. The van der Waals surface area contributed by atoms with Crippen LogP contribution in [0, 0.1) is 12.8 Å². The van der Waals surface area contributed by atoms with E-state index in [1.165, 1.54) is 17.3 Å². The molecular weight excluding hydrogens is 476 g/mol. The van der Waals surface area contributed by atoms with Gasteiger partial charge in [0.1, 0.15) is 5.50 Å². The summed E-state index contributed by atoms with van der Waals surface area (Å²) in [6.45, 7) is 4.57. The number of likely N-dealkylation sites (tertiary alicyclic amines) is 1. The van der Waals surface area contributed by atoms with Crippen LogP contribution in [0.1, 0.15) is 17.5 Å². The molecule has 3 N–H and O–H groups in total. The Balaban J connectivity index is 1.26. The third kappa shape index (κ3) is 5.88. The zero-order valence-electron chi connectivity index (χ0n) is 17.4. The van der Waals surface area contributed by atoms with Crippen LogP contribution in [-0.2, 0) is 16.1 Å². The molecule has 0 aromatic heterocycles. The van der Waals surface area contributed by atoms with E-state index in [9.17, 15) is 9.59 Å². The number of piperidine rings is 1. The highest BCUT2D eigenvalue weighted by Gasteiger charge is 2.39. The van der Waals surface area contributed by atoms with Crippen molar-refractivity contribution in [1.29, 1.82) is 0 Å². The molecular formula is C23H27BrN4O2S. The van der Waals surface area contributed by atoms with Crippen molar-refractivity contribution < 1.29 is 9.59 Å². The lowest BCUT2D eigenvalue weighted by Gasteiger charge is -2.43. The maximum Gasteiger partial charge on any atom is 0.234 e. The molecule has 8 heteroatoms. The number of carbonyl (C=O) groups is 2. The lowest BCUT2D eigenvalue weighted by Crippen LogP contribution is -2.64. The second-order valence-corrected chi connectivity index (χ2v) is 10.1. The van der Waals surface area contributed by atoms with Crippen molar-refractivity contribution in [2.45, 2.75) is 31.4 Å². The first-order valence-electron chi connectivity index (χ1n) is 10.5. The van der Waals surface area contributed by atoms with Gasteiger partial charge in [0.05, 0.1) is 17.4 Å². The number of amides is 2. The minimum Gasteiger partial charge on any atom is -0.331 e. The molecule has 0 bridgehead atoms. The first-order chi connectivity index (χ1) is 15.0. The fraction of sp³-hybridized carbons (Fsp3) is 0.391. The molecule has 31 heavy (non-hydrogen) atoms. The molecule has 2 fully saturated rings. The van der Waals surface area contributed by atoms with Gasteiger partial charge in [-0.15, -0.1) is 11.8 Å². The molecule has 2 aliphatic heterocycles. The fourth-order valence-electron chi connectivity index (χ4n) is 4.10. The SMILES string of the molecule is Cc1ccc(NC(=O)CSC2NC(=O)C3CN(Cc4ccccc4)CCC3N2)c(Br)c1. The van der Waals surface area contributed by atoms with Crippen molar-refractivity contribution in [2.24, 2.45) is 5.92 Å². The zero-order valence-corrected chi connectivity index (χ0v) is 19.8. The van der Waals surface area contributed by atoms with E-state index in [1.807, 2.05) is 43.3 Å². The van der Waals surface area contributed by atoms with Crippen LogP contribution < -0.4 is 16.0 Å². The average Bonchev–Trinajstić information content (AvgIpc) is 2.75. The van der Waals surface area contributed by atoms with Crippen molar-refractivity contribution in [2.75, 3.05) is 24.2 Å². The highest BCUT2D eigenvalue weighted by Crippen LogP contribution is 2.26. The van der Waals surface area contributed by atoms with Crippen LogP contribution >= 0.6 is 27.7 Å². The Labute approximate surface area is 195 Å². The molecule has 164 valence electrons. The Morgan fingerprint density at radius 1 is 1.26 bits per heavy atom. The van der Waals surface area contributed by atoms with Gasteiger partial charge in [-0.2, -0.15) is 0 Å². The molecule has 4 rings (SSSR count). The normalized spacial score (nSPS) is 23.7. The predicted molar refractivity (Wildman–Crippen MR) is 129 cm³/mol. The number of rotatable bonds is 6. The largest absolute Gasteiger partial charge is 0.331 e. The van der Waals surface area contributed by atoms with Crippen LogP contribution in [0.15, 0.2) is 53.0 Å². The first kappa shape index (κ1) is 22.3. The molecule has 0 radical (unpaired) electrons. The van der Waals surface area contributed by atoms with Crippen LogP contribution in [0.25, 0.3) is 0 Å². The number of hydrogen-bond donors (Lipinski definition) is 3. The van der Waals surface area contributed by atoms with E-state index < -0.39 is 0 Å². The summed E-state index contributed by atoms with van der Waals surface area (Å²) in [5, 5.41) is 9.48. The maximum absolute atomic E-state index is 12.8. The summed E-state index contributed by atoms with van der Waals surface area (Å²) in [5.74, 6) is 0.174. The first-order valence-corrected chi connectivity index (χ1v) is 12.3. The highest BCUT2D eigenvalue weighted by atomic mass is 79.9. The number of aryl methyl sites for hydroxylation is 1. The van der Waals surface area contributed by atoms with E-state index in [0.717, 1.165) is 41.8 Å². The number of nitrogens with one attached hydrogen (secondary N) is 3. The molecule has 2 aromatic carbocycles. The summed E-state index contributed by atoms with van der Waals surface area (Å²) in [7, 11) is 0. The minimum atomic E-state index is -0.248. The Kier molecular flexibility index (Phi) is 7.32. The number of carbonyl (C=O) groups excluding carboxylic acids is 2. The van der Waals surface area contributed by atoms with Gasteiger partial charge in [0.2, 0.25) is 11.8 Å². The van der Waals surface area contributed by atoms with Gasteiger partial charge in [-0.1, -0.05) is 36.4 Å². The summed E-state index contributed by atoms with van der Waals surface area (Å²) < 4.78 is 0.861. The molecule has 6 nitrogen and oxygen atoms in total. The number of hydrogen-bond acceptors (Lipinski definition) is 5. The zero-order chi connectivity index (χ0) is 21.8. The Morgan fingerprint density at radius 3 is 2.84 bits per heavy atom. The van der Waals surface area contributed by atoms with Crippen molar-refractivity contribution in [3.05, 3.63) is 64.1 Å². The topological polar surface area (TPSA) is 73.5 Å². The van der Waals surface area contributed by atoms with Crippen molar-refractivity contribution >= 4 is 45.2 Å². The number of halogens is 1.